The smallest absolute Gasteiger partial charge is 0.301 e. The fraction of sp³-hybridized carbons (Fsp3) is 0.383. The minimum Gasteiger partial charge on any atom is -0.375 e. The first kappa shape index (κ1) is 43.6. The van der Waals surface area contributed by atoms with Crippen molar-refractivity contribution in [2.24, 2.45) is 0 Å². The Morgan fingerprint density at radius 3 is 2.20 bits per heavy atom. The number of nitrogens with one attached hydrogen (secondary N) is 3. The molecule has 3 aromatic carbocycles. The Morgan fingerprint density at radius 1 is 0.818 bits per heavy atom. The number of aromatic amines is 1. The molecular weight excluding hydrogens is 878 g/mol. The molecule has 4 fully saturated rings. The number of carbonyl (C=O) groups excluding carboxylic acids is 4. The van der Waals surface area contributed by atoms with Crippen LogP contribution < -0.4 is 19.8 Å². The van der Waals surface area contributed by atoms with Gasteiger partial charge in [0.05, 0.1) is 23.5 Å². The van der Waals surface area contributed by atoms with Crippen LogP contribution >= 0.6 is 0 Å². The number of alkyl halides is 1. The standard InChI is InChI=1S/C47H47F3N8O7S/c48-30-11-20-57(26-30)66(63,64)54-39-8-7-38(49)42(43(39)50)44(60)37-24-52-45-36(37)22-28(23-51-45)27-1-3-31(4-2-27)55-16-12-33(13-17-55)65-34-14-18-56(19-15-34)32-5-6-35-29(21-32)25-58(47(35)62)40-9-10-41(59)53-46(40)61/h1-8,21-24,30,33-34,40,54H,9-20,25-26H2,(H,51,52)(H,53,59,61)/t30-,40?/m1/s1. The van der Waals surface area contributed by atoms with Gasteiger partial charge in [-0.25, -0.2) is 18.2 Å². The number of anilines is 3. The fourth-order valence-corrected chi connectivity index (χ4v) is 11.1. The Morgan fingerprint density at radius 2 is 1.52 bits per heavy atom. The number of halogens is 3. The molecule has 3 N–H and O–H groups in total. The molecule has 4 saturated heterocycles. The van der Waals surface area contributed by atoms with Crippen molar-refractivity contribution < 1.29 is 45.5 Å². The van der Waals surface area contributed by atoms with Gasteiger partial charge < -0.3 is 24.4 Å². The lowest BCUT2D eigenvalue weighted by atomic mass is 9.99. The van der Waals surface area contributed by atoms with E-state index in [-0.39, 0.29) is 55.5 Å². The molecule has 0 aliphatic carbocycles. The maximum absolute atomic E-state index is 15.8. The largest absolute Gasteiger partial charge is 0.375 e. The highest BCUT2D eigenvalue weighted by atomic mass is 32.2. The number of carbonyl (C=O) groups is 4. The summed E-state index contributed by atoms with van der Waals surface area (Å²) in [5.41, 5.74) is 3.76. The quantitative estimate of drug-likeness (QED) is 0.108. The Kier molecular flexibility index (Phi) is 11.5. The number of pyridine rings is 1. The summed E-state index contributed by atoms with van der Waals surface area (Å²) >= 11 is 0. The summed E-state index contributed by atoms with van der Waals surface area (Å²) in [5, 5.41) is 2.68. The molecule has 19 heteroatoms. The van der Waals surface area contributed by atoms with Crippen molar-refractivity contribution in [3.8, 4) is 11.1 Å². The highest BCUT2D eigenvalue weighted by Crippen LogP contribution is 2.35. The summed E-state index contributed by atoms with van der Waals surface area (Å²) in [6, 6.07) is 16.6. The van der Waals surface area contributed by atoms with Crippen LogP contribution in [0.15, 0.2) is 73.1 Å². The van der Waals surface area contributed by atoms with Crippen LogP contribution in [0, 0.1) is 11.6 Å². The number of benzene rings is 3. The molecule has 10 rings (SSSR count). The van der Waals surface area contributed by atoms with Gasteiger partial charge in [-0.15, -0.1) is 0 Å². The second kappa shape index (κ2) is 17.5. The van der Waals surface area contributed by atoms with Crippen LogP contribution in [0.5, 0.6) is 0 Å². The number of aromatic nitrogens is 2. The van der Waals surface area contributed by atoms with Crippen molar-refractivity contribution in [3.63, 3.8) is 0 Å². The zero-order valence-corrected chi connectivity index (χ0v) is 36.6. The van der Waals surface area contributed by atoms with E-state index in [9.17, 15) is 32.0 Å². The lowest BCUT2D eigenvalue weighted by molar-refractivity contribution is -0.136. The Bertz CT molecular complexity index is 2860. The van der Waals surface area contributed by atoms with Crippen LogP contribution in [-0.4, -0.2) is 115 Å². The summed E-state index contributed by atoms with van der Waals surface area (Å²) in [5.74, 6) is -4.47. The van der Waals surface area contributed by atoms with E-state index in [4.69, 9.17) is 4.74 Å². The van der Waals surface area contributed by atoms with E-state index in [0.717, 1.165) is 90.8 Å². The molecule has 5 aliphatic rings. The Hall–Kier alpha value is -6.31. The van der Waals surface area contributed by atoms with Crippen LogP contribution in [-0.2, 0) is 31.1 Å². The van der Waals surface area contributed by atoms with Crippen molar-refractivity contribution in [3.05, 3.63) is 107 Å². The molecule has 5 aromatic rings. The maximum atomic E-state index is 15.8. The van der Waals surface area contributed by atoms with Crippen molar-refractivity contribution in [1.82, 2.24) is 24.5 Å². The second-order valence-electron chi connectivity index (χ2n) is 17.6. The van der Waals surface area contributed by atoms with Crippen LogP contribution in [0.1, 0.15) is 76.8 Å². The number of ketones is 1. The molecule has 66 heavy (non-hydrogen) atoms. The maximum Gasteiger partial charge on any atom is 0.301 e. The molecule has 3 amide bonds. The number of H-pyrrole nitrogens is 1. The topological polar surface area (TPSA) is 177 Å². The number of ether oxygens (including phenoxy) is 1. The number of hydrogen-bond donors (Lipinski definition) is 3. The van der Waals surface area contributed by atoms with Gasteiger partial charge in [0, 0.05) is 98.1 Å². The van der Waals surface area contributed by atoms with E-state index < -0.39 is 57.0 Å². The molecule has 1 unspecified atom stereocenters. The van der Waals surface area contributed by atoms with Gasteiger partial charge in [0.2, 0.25) is 17.6 Å². The predicted octanol–water partition coefficient (Wildman–Crippen LogP) is 5.86. The average Bonchev–Trinajstić information content (AvgIpc) is 4.04. The molecule has 2 aromatic heterocycles. The lowest BCUT2D eigenvalue weighted by Crippen LogP contribution is -2.52. The minimum absolute atomic E-state index is 0.000815. The predicted molar refractivity (Wildman–Crippen MR) is 239 cm³/mol. The summed E-state index contributed by atoms with van der Waals surface area (Å²) < 4.78 is 79.7. The molecule has 344 valence electrons. The summed E-state index contributed by atoms with van der Waals surface area (Å²) in [6.07, 6.45) is 5.96. The number of rotatable bonds is 11. The van der Waals surface area contributed by atoms with Gasteiger partial charge in [0.25, 0.3) is 5.91 Å². The minimum atomic E-state index is -4.36. The molecule has 0 saturated carbocycles. The van der Waals surface area contributed by atoms with Crippen molar-refractivity contribution >= 4 is 61.8 Å². The van der Waals surface area contributed by atoms with Crippen LogP contribution in [0.4, 0.5) is 30.2 Å². The van der Waals surface area contributed by atoms with Crippen LogP contribution in [0.2, 0.25) is 0 Å². The first-order valence-electron chi connectivity index (χ1n) is 22.2. The molecule has 0 spiro atoms. The zero-order valence-electron chi connectivity index (χ0n) is 35.8. The third-order valence-corrected chi connectivity index (χ3v) is 15.0. The third-order valence-electron chi connectivity index (χ3n) is 13.5. The number of piperidine rings is 3. The van der Waals surface area contributed by atoms with E-state index in [1.54, 1.807) is 17.2 Å². The van der Waals surface area contributed by atoms with Gasteiger partial charge in [-0.3, -0.25) is 29.2 Å². The number of amides is 3. The Balaban J connectivity index is 0.730. The highest BCUT2D eigenvalue weighted by Gasteiger charge is 2.40. The van der Waals surface area contributed by atoms with Gasteiger partial charge in [0.1, 0.15) is 23.7 Å². The molecule has 0 radical (unpaired) electrons. The molecule has 2 atom stereocenters. The molecule has 15 nitrogen and oxygen atoms in total. The fourth-order valence-electron chi connectivity index (χ4n) is 9.83. The van der Waals surface area contributed by atoms with E-state index in [1.165, 1.54) is 6.20 Å². The van der Waals surface area contributed by atoms with Crippen LogP contribution in [0.25, 0.3) is 22.2 Å². The SMILES string of the molecule is O=C1CCC(N2Cc3cc(N4CCC(OC5CCN(c6ccc(-c7cnc8[nH]cc(C(=O)c9c(F)ccc(NS(=O)(=O)N%10CC[C@@H](F)C%10)c9F)c8c7)cc6)CC5)CC4)ccc3C2=O)C(=O)N1. The first-order valence-corrected chi connectivity index (χ1v) is 23.7. The van der Waals surface area contributed by atoms with Gasteiger partial charge in [-0.2, -0.15) is 12.7 Å². The van der Waals surface area contributed by atoms with E-state index in [2.05, 4.69) is 25.1 Å². The van der Waals surface area contributed by atoms with Gasteiger partial charge in [0.15, 0.2) is 5.82 Å². The molecule has 0 bridgehead atoms. The molecule has 7 heterocycles. The normalized spacial score (nSPS) is 21.2. The van der Waals surface area contributed by atoms with Crippen molar-refractivity contribution in [2.45, 2.75) is 75.9 Å². The average molecular weight is 925 g/mol. The van der Waals surface area contributed by atoms with Gasteiger partial charge in [-0.1, -0.05) is 12.1 Å². The number of fused-ring (bicyclic) bond motifs is 2. The van der Waals surface area contributed by atoms with Crippen molar-refractivity contribution in [1.29, 1.82) is 0 Å². The van der Waals surface area contributed by atoms with Crippen molar-refractivity contribution in [2.75, 3.05) is 53.8 Å². The van der Waals surface area contributed by atoms with E-state index in [0.29, 0.717) is 35.1 Å². The number of hydrogen-bond acceptors (Lipinski definition) is 10. The summed E-state index contributed by atoms with van der Waals surface area (Å²) in [4.78, 5) is 64.6. The van der Waals surface area contributed by atoms with E-state index in [1.807, 2.05) is 47.2 Å². The molecule has 5 aliphatic heterocycles. The summed E-state index contributed by atoms with van der Waals surface area (Å²) in [7, 11) is -4.36. The van der Waals surface area contributed by atoms with E-state index >= 15 is 8.78 Å². The first-order chi connectivity index (χ1) is 31.8. The second-order valence-corrected chi connectivity index (χ2v) is 19.3. The van der Waals surface area contributed by atoms with Gasteiger partial charge >= 0.3 is 10.2 Å². The lowest BCUT2D eigenvalue weighted by Gasteiger charge is -2.38. The summed E-state index contributed by atoms with van der Waals surface area (Å²) in [6.45, 7) is 3.15. The number of imide groups is 1. The highest BCUT2D eigenvalue weighted by molar-refractivity contribution is 7.90. The zero-order chi connectivity index (χ0) is 45.9. The monoisotopic (exact) mass is 924 g/mol. The molecular formula is C47H47F3N8O7S. The third kappa shape index (κ3) is 8.39. The van der Waals surface area contributed by atoms with Gasteiger partial charge in [-0.05, 0) is 98.2 Å². The number of nitrogens with zero attached hydrogens (tertiary/aromatic N) is 5. The Labute approximate surface area is 378 Å². The van der Waals surface area contributed by atoms with Crippen LogP contribution in [0.3, 0.4) is 0 Å².